The molecule has 2 atom stereocenters. The van der Waals surface area contributed by atoms with Gasteiger partial charge in [0.2, 0.25) is 0 Å². The standard InChI is InChI=1S/C23H36N4O3S/c1-13(2)18-9-17-11-30-12-20(17)23(14(3)4)19(18)10-21(28)26-31(24,29)22-8-16(7)27(25-22)15(5)6/h9,13-16H,8,10-12H2,1-7H3,(H2,24,26,28,29). The number of ether oxygens (including phenoxy) is 1. The van der Waals surface area contributed by atoms with Crippen LogP contribution >= 0.6 is 0 Å². The minimum Gasteiger partial charge on any atom is -0.372 e. The number of rotatable bonds is 5. The van der Waals surface area contributed by atoms with E-state index in [2.05, 4.69) is 43.2 Å². The predicted molar refractivity (Wildman–Crippen MR) is 125 cm³/mol. The number of carbonyl (C=O) groups excluding carboxylic acids is 1. The summed E-state index contributed by atoms with van der Waals surface area (Å²) in [5.41, 5.74) is 5.63. The minimum atomic E-state index is -3.35. The van der Waals surface area contributed by atoms with E-state index in [4.69, 9.17) is 9.88 Å². The second-order valence-corrected chi connectivity index (χ2v) is 11.3. The zero-order chi connectivity index (χ0) is 23.1. The van der Waals surface area contributed by atoms with Crippen molar-refractivity contribution in [2.24, 2.45) is 14.6 Å². The third kappa shape index (κ3) is 4.86. The molecule has 2 N–H and O–H groups in total. The molecule has 0 spiro atoms. The van der Waals surface area contributed by atoms with E-state index in [1.807, 2.05) is 25.8 Å². The second-order valence-electron chi connectivity index (χ2n) is 9.55. The van der Waals surface area contributed by atoms with E-state index in [1.165, 1.54) is 11.1 Å². The van der Waals surface area contributed by atoms with Gasteiger partial charge in [-0.2, -0.15) is 5.10 Å². The summed E-state index contributed by atoms with van der Waals surface area (Å²) in [4.78, 5) is 13.0. The lowest BCUT2D eigenvalue weighted by atomic mass is 9.82. The van der Waals surface area contributed by atoms with Gasteiger partial charge in [-0.05, 0) is 60.4 Å². The Morgan fingerprint density at radius 3 is 2.48 bits per heavy atom. The van der Waals surface area contributed by atoms with Gasteiger partial charge in [-0.15, -0.1) is 4.36 Å². The molecule has 1 aromatic carbocycles. The van der Waals surface area contributed by atoms with Crippen LogP contribution in [0, 0.1) is 0 Å². The molecule has 2 heterocycles. The Hall–Kier alpha value is -1.77. The second kappa shape index (κ2) is 9.00. The van der Waals surface area contributed by atoms with E-state index < -0.39 is 15.8 Å². The van der Waals surface area contributed by atoms with Crippen molar-refractivity contribution in [2.75, 3.05) is 0 Å². The zero-order valence-corrected chi connectivity index (χ0v) is 20.6. The largest absolute Gasteiger partial charge is 0.372 e. The molecule has 0 bridgehead atoms. The summed E-state index contributed by atoms with van der Waals surface area (Å²) in [5.74, 6) is 0.0143. The Kier molecular flexibility index (Phi) is 6.93. The van der Waals surface area contributed by atoms with Crippen molar-refractivity contribution in [3.8, 4) is 0 Å². The molecule has 0 saturated carbocycles. The number of hydrazone groups is 1. The lowest BCUT2D eigenvalue weighted by Crippen LogP contribution is -2.30. The van der Waals surface area contributed by atoms with Gasteiger partial charge in [0.05, 0.1) is 25.7 Å². The summed E-state index contributed by atoms with van der Waals surface area (Å²) in [6.45, 7) is 15.7. The quantitative estimate of drug-likeness (QED) is 0.730. The van der Waals surface area contributed by atoms with Gasteiger partial charge in [0.25, 0.3) is 5.91 Å². The summed E-state index contributed by atoms with van der Waals surface area (Å²) in [7, 11) is -3.35. The molecule has 0 aromatic heterocycles. The first-order valence-electron chi connectivity index (χ1n) is 11.1. The molecule has 0 fully saturated rings. The SMILES string of the molecule is CC(C)c1cc2c(c(C(C)C)c1CC(=O)N=S(N)(=O)C1=NN(C(C)C)C(C)C1)COC2. The van der Waals surface area contributed by atoms with Crippen molar-refractivity contribution in [1.82, 2.24) is 5.01 Å². The lowest BCUT2D eigenvalue weighted by Gasteiger charge is -2.23. The molecule has 3 rings (SSSR count). The third-order valence-corrected chi connectivity index (χ3v) is 7.40. The van der Waals surface area contributed by atoms with Gasteiger partial charge in [-0.1, -0.05) is 33.8 Å². The number of carbonyl (C=O) groups is 1. The maximum Gasteiger partial charge on any atom is 0.259 e. The van der Waals surface area contributed by atoms with Gasteiger partial charge in [-0.25, -0.2) is 9.35 Å². The van der Waals surface area contributed by atoms with Crippen molar-refractivity contribution >= 4 is 20.9 Å². The molecule has 0 saturated heterocycles. The highest BCUT2D eigenvalue weighted by atomic mass is 32.2. The number of nitrogens with zero attached hydrogens (tertiary/aromatic N) is 3. The van der Waals surface area contributed by atoms with Crippen LogP contribution in [-0.4, -0.2) is 32.3 Å². The van der Waals surface area contributed by atoms with E-state index in [0.29, 0.717) is 24.7 Å². The van der Waals surface area contributed by atoms with Gasteiger partial charge in [0, 0.05) is 12.5 Å². The van der Waals surface area contributed by atoms with Crippen molar-refractivity contribution < 1.29 is 13.7 Å². The zero-order valence-electron chi connectivity index (χ0n) is 19.8. The molecule has 2 unspecified atom stereocenters. The lowest BCUT2D eigenvalue weighted by molar-refractivity contribution is -0.117. The van der Waals surface area contributed by atoms with Crippen LogP contribution in [0.2, 0.25) is 0 Å². The van der Waals surface area contributed by atoms with Crippen LogP contribution in [0.15, 0.2) is 15.5 Å². The van der Waals surface area contributed by atoms with E-state index >= 15 is 0 Å². The first-order chi connectivity index (χ1) is 14.4. The number of benzene rings is 1. The molecule has 0 aliphatic carbocycles. The normalized spacial score (nSPS) is 20.4. The number of hydrogen-bond acceptors (Lipinski definition) is 5. The van der Waals surface area contributed by atoms with E-state index in [0.717, 1.165) is 16.7 Å². The molecule has 1 amide bonds. The van der Waals surface area contributed by atoms with Crippen molar-refractivity contribution in [2.45, 2.75) is 98.4 Å². The average molecular weight is 449 g/mol. The summed E-state index contributed by atoms with van der Waals surface area (Å²) < 4.78 is 22.8. The fourth-order valence-corrected chi connectivity index (χ4v) is 5.81. The monoisotopic (exact) mass is 448 g/mol. The van der Waals surface area contributed by atoms with Crippen LogP contribution < -0.4 is 5.14 Å². The van der Waals surface area contributed by atoms with Gasteiger partial charge in [0.15, 0.2) is 9.92 Å². The highest BCUT2D eigenvalue weighted by molar-refractivity contribution is 8.06. The Morgan fingerprint density at radius 2 is 1.94 bits per heavy atom. The molecule has 0 radical (unpaired) electrons. The molecule has 7 nitrogen and oxygen atoms in total. The summed E-state index contributed by atoms with van der Waals surface area (Å²) in [6.07, 6.45) is 0.536. The van der Waals surface area contributed by atoms with E-state index in [9.17, 15) is 9.00 Å². The summed E-state index contributed by atoms with van der Waals surface area (Å²) in [6, 6.07) is 2.40. The molecule has 31 heavy (non-hydrogen) atoms. The highest BCUT2D eigenvalue weighted by Crippen LogP contribution is 2.37. The first kappa shape index (κ1) is 23.9. The molecular formula is C23H36N4O3S. The summed E-state index contributed by atoms with van der Waals surface area (Å²) in [5, 5.41) is 12.7. The molecule has 8 heteroatoms. The molecule has 1 aromatic rings. The average Bonchev–Trinajstić information content (AvgIpc) is 3.26. The Labute approximate surface area is 186 Å². The molecule has 2 aliphatic heterocycles. The predicted octanol–water partition coefficient (Wildman–Crippen LogP) is 4.19. The van der Waals surface area contributed by atoms with Gasteiger partial charge >= 0.3 is 0 Å². The minimum absolute atomic E-state index is 0.0826. The topological polar surface area (TPSA) is 97.4 Å². The number of amides is 1. The summed E-state index contributed by atoms with van der Waals surface area (Å²) >= 11 is 0. The highest BCUT2D eigenvalue weighted by Gasteiger charge is 2.31. The fraction of sp³-hybridized carbons (Fsp3) is 0.652. The van der Waals surface area contributed by atoms with Crippen LogP contribution in [0.4, 0.5) is 0 Å². The van der Waals surface area contributed by atoms with Crippen molar-refractivity contribution in [3.05, 3.63) is 33.9 Å². The maximum absolute atomic E-state index is 13.1. The molecule has 172 valence electrons. The van der Waals surface area contributed by atoms with Crippen molar-refractivity contribution in [3.63, 3.8) is 0 Å². The number of hydrogen-bond donors (Lipinski definition) is 1. The first-order valence-corrected chi connectivity index (χ1v) is 12.7. The van der Waals surface area contributed by atoms with Crippen LogP contribution in [0.5, 0.6) is 0 Å². The van der Waals surface area contributed by atoms with Crippen LogP contribution in [0.3, 0.4) is 0 Å². The number of fused-ring (bicyclic) bond motifs is 1. The smallest absolute Gasteiger partial charge is 0.259 e. The van der Waals surface area contributed by atoms with Gasteiger partial charge in [0.1, 0.15) is 5.04 Å². The third-order valence-electron chi connectivity index (χ3n) is 6.00. The van der Waals surface area contributed by atoms with E-state index in [-0.39, 0.29) is 30.3 Å². The Balaban J connectivity index is 1.99. The maximum atomic E-state index is 13.1. The molecular weight excluding hydrogens is 412 g/mol. The van der Waals surface area contributed by atoms with E-state index in [1.54, 1.807) is 0 Å². The van der Waals surface area contributed by atoms with Crippen LogP contribution in [0.1, 0.15) is 94.5 Å². The Bertz CT molecular complexity index is 1020. The molecule has 2 aliphatic rings. The van der Waals surface area contributed by atoms with Crippen molar-refractivity contribution in [1.29, 1.82) is 0 Å². The number of nitrogens with two attached hydrogens (primary N) is 1. The van der Waals surface area contributed by atoms with Crippen LogP contribution in [-0.2, 0) is 39.1 Å². The van der Waals surface area contributed by atoms with Gasteiger partial charge < -0.3 is 4.74 Å². The fourth-order valence-electron chi connectivity index (χ4n) is 4.65. The Morgan fingerprint density at radius 1 is 1.26 bits per heavy atom. The van der Waals surface area contributed by atoms with Crippen LogP contribution in [0.25, 0.3) is 0 Å². The van der Waals surface area contributed by atoms with Gasteiger partial charge in [-0.3, -0.25) is 9.80 Å².